The first-order valence-electron chi connectivity index (χ1n) is 8.91. The second kappa shape index (κ2) is 8.74. The van der Waals surface area contributed by atoms with Crippen molar-refractivity contribution in [2.45, 2.75) is 57.9 Å². The molecular weight excluding hydrogens is 262 g/mol. The van der Waals surface area contributed by atoms with Crippen LogP contribution in [0.2, 0.25) is 0 Å². The number of hydrogen-bond donors (Lipinski definition) is 1. The first-order valence-corrected chi connectivity index (χ1v) is 8.91. The second-order valence-electron chi connectivity index (χ2n) is 6.82. The summed E-state index contributed by atoms with van der Waals surface area (Å²) >= 11 is 0. The van der Waals surface area contributed by atoms with Gasteiger partial charge in [0.05, 0.1) is 0 Å². The Balaban J connectivity index is 1.59. The molecule has 0 unspecified atom stereocenters. The standard InChI is InChI=1S/C17H33N3O/c1-3-16-7-4-5-11-20(16)12-6-10-18-17(21)15-8-13-19(2)14-9-15/h15-16H,3-14H2,1-2H3,(H,18,21)/t16-/m0/s1. The van der Waals surface area contributed by atoms with E-state index in [2.05, 4.69) is 29.1 Å². The van der Waals surface area contributed by atoms with Crippen LogP contribution in [0.4, 0.5) is 0 Å². The van der Waals surface area contributed by atoms with E-state index in [1.54, 1.807) is 0 Å². The maximum absolute atomic E-state index is 12.1. The lowest BCUT2D eigenvalue weighted by Crippen LogP contribution is -2.42. The molecule has 1 atom stereocenters. The van der Waals surface area contributed by atoms with E-state index in [0.717, 1.165) is 51.5 Å². The van der Waals surface area contributed by atoms with Gasteiger partial charge in [0.1, 0.15) is 0 Å². The maximum atomic E-state index is 12.1. The second-order valence-corrected chi connectivity index (χ2v) is 6.82. The number of likely N-dealkylation sites (tertiary alicyclic amines) is 2. The van der Waals surface area contributed by atoms with Gasteiger partial charge in [0.15, 0.2) is 0 Å². The van der Waals surface area contributed by atoms with E-state index in [9.17, 15) is 4.79 Å². The number of rotatable bonds is 6. The Bertz CT molecular complexity index is 313. The normalized spacial score (nSPS) is 25.9. The van der Waals surface area contributed by atoms with Gasteiger partial charge in [0.2, 0.25) is 5.91 Å². The van der Waals surface area contributed by atoms with E-state index in [1.807, 2.05) is 0 Å². The van der Waals surface area contributed by atoms with Crippen molar-refractivity contribution in [3.8, 4) is 0 Å². The highest BCUT2D eigenvalue weighted by Crippen LogP contribution is 2.19. The third kappa shape index (κ3) is 5.26. The van der Waals surface area contributed by atoms with Crippen LogP contribution in [0.15, 0.2) is 0 Å². The number of nitrogens with one attached hydrogen (secondary N) is 1. The van der Waals surface area contributed by atoms with Crippen molar-refractivity contribution >= 4 is 5.91 Å². The van der Waals surface area contributed by atoms with Crippen molar-refractivity contribution in [3.63, 3.8) is 0 Å². The van der Waals surface area contributed by atoms with Crippen LogP contribution in [-0.4, -0.2) is 61.5 Å². The molecule has 4 heteroatoms. The Labute approximate surface area is 130 Å². The summed E-state index contributed by atoms with van der Waals surface area (Å²) in [5.41, 5.74) is 0. The van der Waals surface area contributed by atoms with Gasteiger partial charge in [-0.2, -0.15) is 0 Å². The molecule has 2 aliphatic heterocycles. The molecule has 1 amide bonds. The summed E-state index contributed by atoms with van der Waals surface area (Å²) in [6, 6.07) is 0.781. The Kier molecular flexibility index (Phi) is 6.97. The quantitative estimate of drug-likeness (QED) is 0.762. The van der Waals surface area contributed by atoms with E-state index in [4.69, 9.17) is 0 Å². The SMILES string of the molecule is CC[C@H]1CCCCN1CCCNC(=O)C1CCN(C)CC1. The fourth-order valence-electron chi connectivity index (χ4n) is 3.73. The first kappa shape index (κ1) is 16.8. The van der Waals surface area contributed by atoms with Gasteiger partial charge in [-0.15, -0.1) is 0 Å². The largest absolute Gasteiger partial charge is 0.356 e. The zero-order valence-electron chi connectivity index (χ0n) is 13.9. The molecule has 0 saturated carbocycles. The molecule has 2 saturated heterocycles. The van der Waals surface area contributed by atoms with Crippen LogP contribution in [0.25, 0.3) is 0 Å². The first-order chi connectivity index (χ1) is 10.2. The van der Waals surface area contributed by atoms with E-state index in [0.29, 0.717) is 0 Å². The molecule has 1 N–H and O–H groups in total. The minimum atomic E-state index is 0.250. The summed E-state index contributed by atoms with van der Waals surface area (Å²) in [6.45, 7) is 7.66. The van der Waals surface area contributed by atoms with Gasteiger partial charge in [0, 0.05) is 25.0 Å². The number of nitrogens with zero attached hydrogens (tertiary/aromatic N) is 2. The summed E-state index contributed by atoms with van der Waals surface area (Å²) in [5.74, 6) is 0.536. The monoisotopic (exact) mass is 295 g/mol. The van der Waals surface area contributed by atoms with E-state index < -0.39 is 0 Å². The summed E-state index contributed by atoms with van der Waals surface area (Å²) in [4.78, 5) is 17.1. The molecule has 2 aliphatic rings. The van der Waals surface area contributed by atoms with Gasteiger partial charge in [-0.25, -0.2) is 0 Å². The molecule has 0 bridgehead atoms. The fraction of sp³-hybridized carbons (Fsp3) is 0.941. The minimum absolute atomic E-state index is 0.250. The predicted molar refractivity (Wildman–Crippen MR) is 87.4 cm³/mol. The molecule has 0 aromatic rings. The summed E-state index contributed by atoms with van der Waals surface area (Å²) in [6.07, 6.45) is 8.49. The number of hydrogen-bond acceptors (Lipinski definition) is 3. The van der Waals surface area contributed by atoms with Crippen molar-refractivity contribution < 1.29 is 4.79 Å². The van der Waals surface area contributed by atoms with Crippen molar-refractivity contribution in [1.82, 2.24) is 15.1 Å². The van der Waals surface area contributed by atoms with Gasteiger partial charge in [-0.05, 0) is 65.2 Å². The summed E-state index contributed by atoms with van der Waals surface area (Å²) < 4.78 is 0. The van der Waals surface area contributed by atoms with Gasteiger partial charge in [0.25, 0.3) is 0 Å². The minimum Gasteiger partial charge on any atom is -0.356 e. The van der Waals surface area contributed by atoms with Crippen molar-refractivity contribution in [2.75, 3.05) is 39.8 Å². The van der Waals surface area contributed by atoms with Crippen molar-refractivity contribution in [3.05, 3.63) is 0 Å². The molecule has 0 radical (unpaired) electrons. The Hall–Kier alpha value is -0.610. The van der Waals surface area contributed by atoms with Gasteiger partial charge in [-0.1, -0.05) is 13.3 Å². The fourth-order valence-corrected chi connectivity index (χ4v) is 3.73. The van der Waals surface area contributed by atoms with Crippen molar-refractivity contribution in [1.29, 1.82) is 0 Å². The lowest BCUT2D eigenvalue weighted by molar-refractivity contribution is -0.126. The zero-order valence-corrected chi connectivity index (χ0v) is 13.9. The Morgan fingerprint density at radius 2 is 1.90 bits per heavy atom. The van der Waals surface area contributed by atoms with E-state index >= 15 is 0 Å². The highest BCUT2D eigenvalue weighted by molar-refractivity contribution is 5.78. The Morgan fingerprint density at radius 3 is 2.62 bits per heavy atom. The predicted octanol–water partition coefficient (Wildman–Crippen LogP) is 2.10. The molecule has 4 nitrogen and oxygen atoms in total. The molecule has 0 spiro atoms. The molecule has 0 aliphatic carbocycles. The van der Waals surface area contributed by atoms with Crippen LogP contribution in [0.1, 0.15) is 51.9 Å². The molecule has 122 valence electrons. The van der Waals surface area contributed by atoms with Gasteiger partial charge in [-0.3, -0.25) is 4.79 Å². The van der Waals surface area contributed by atoms with Crippen LogP contribution in [0.3, 0.4) is 0 Å². The highest BCUT2D eigenvalue weighted by Gasteiger charge is 2.23. The third-order valence-corrected chi connectivity index (χ3v) is 5.23. The molecule has 2 rings (SSSR count). The lowest BCUT2D eigenvalue weighted by atomic mass is 9.96. The maximum Gasteiger partial charge on any atom is 0.223 e. The van der Waals surface area contributed by atoms with E-state index in [1.165, 1.54) is 32.2 Å². The molecule has 21 heavy (non-hydrogen) atoms. The van der Waals surface area contributed by atoms with Crippen LogP contribution in [0, 0.1) is 5.92 Å². The average Bonchev–Trinajstić information content (AvgIpc) is 2.52. The molecule has 2 fully saturated rings. The highest BCUT2D eigenvalue weighted by atomic mass is 16.1. The van der Waals surface area contributed by atoms with Gasteiger partial charge < -0.3 is 15.1 Å². The Morgan fingerprint density at radius 1 is 1.14 bits per heavy atom. The van der Waals surface area contributed by atoms with Crippen LogP contribution < -0.4 is 5.32 Å². The molecule has 2 heterocycles. The number of amides is 1. The number of carbonyl (C=O) groups is 1. The third-order valence-electron chi connectivity index (χ3n) is 5.23. The van der Waals surface area contributed by atoms with Crippen LogP contribution in [-0.2, 0) is 4.79 Å². The van der Waals surface area contributed by atoms with Gasteiger partial charge >= 0.3 is 0 Å². The number of piperidine rings is 2. The lowest BCUT2D eigenvalue weighted by Gasteiger charge is -2.35. The van der Waals surface area contributed by atoms with E-state index in [-0.39, 0.29) is 11.8 Å². The molecular formula is C17H33N3O. The molecule has 0 aromatic heterocycles. The number of carbonyl (C=O) groups excluding carboxylic acids is 1. The topological polar surface area (TPSA) is 35.6 Å². The smallest absolute Gasteiger partial charge is 0.223 e. The zero-order chi connectivity index (χ0) is 15.1. The summed E-state index contributed by atoms with van der Waals surface area (Å²) in [7, 11) is 2.14. The molecule has 0 aromatic carbocycles. The van der Waals surface area contributed by atoms with Crippen molar-refractivity contribution in [2.24, 2.45) is 5.92 Å². The van der Waals surface area contributed by atoms with Crippen LogP contribution >= 0.6 is 0 Å². The van der Waals surface area contributed by atoms with Crippen LogP contribution in [0.5, 0.6) is 0 Å². The summed E-state index contributed by atoms with van der Waals surface area (Å²) in [5, 5.41) is 3.16. The average molecular weight is 295 g/mol.